The maximum absolute atomic E-state index is 13.2. The molecule has 0 aliphatic rings. The first-order chi connectivity index (χ1) is 8.49. The van der Waals surface area contributed by atoms with Crippen molar-refractivity contribution in [1.29, 1.82) is 0 Å². The molecule has 1 heterocycles. The third kappa shape index (κ3) is 2.13. The van der Waals surface area contributed by atoms with Crippen LogP contribution < -0.4 is 5.73 Å². The molecule has 2 rings (SSSR count). The van der Waals surface area contributed by atoms with Crippen LogP contribution in [0.3, 0.4) is 0 Å². The highest BCUT2D eigenvalue weighted by molar-refractivity contribution is 5.71. The fourth-order valence-electron chi connectivity index (χ4n) is 1.62. The molecule has 0 spiro atoms. The summed E-state index contributed by atoms with van der Waals surface area (Å²) in [5.74, 6) is -0.192. The van der Waals surface area contributed by atoms with Gasteiger partial charge in [0.05, 0.1) is 4.92 Å². The molecule has 0 fully saturated rings. The Labute approximate surface area is 102 Å². The number of nitrogens with zero attached hydrogens (tertiary/aromatic N) is 2. The molecule has 92 valence electrons. The van der Waals surface area contributed by atoms with Crippen LogP contribution in [0.15, 0.2) is 30.3 Å². The van der Waals surface area contributed by atoms with Gasteiger partial charge in [0, 0.05) is 11.6 Å². The lowest BCUT2D eigenvalue weighted by Crippen LogP contribution is -1.98. The number of hydrogen-bond acceptors (Lipinski definition) is 4. The van der Waals surface area contributed by atoms with E-state index in [1.54, 1.807) is 6.92 Å². The van der Waals surface area contributed by atoms with E-state index in [4.69, 9.17) is 5.73 Å². The van der Waals surface area contributed by atoms with Gasteiger partial charge in [0.25, 0.3) is 5.69 Å². The zero-order valence-corrected chi connectivity index (χ0v) is 9.55. The number of benzene rings is 1. The van der Waals surface area contributed by atoms with Crippen molar-refractivity contribution in [3.05, 3.63) is 51.8 Å². The second kappa shape index (κ2) is 4.40. The molecule has 1 aromatic carbocycles. The molecule has 2 aromatic rings. The monoisotopic (exact) mass is 247 g/mol. The van der Waals surface area contributed by atoms with Gasteiger partial charge in [-0.2, -0.15) is 0 Å². The highest BCUT2D eigenvalue weighted by atomic mass is 19.1. The second-order valence-electron chi connectivity index (χ2n) is 3.82. The summed E-state index contributed by atoms with van der Waals surface area (Å²) in [6, 6.07) is 6.84. The normalized spacial score (nSPS) is 10.3. The van der Waals surface area contributed by atoms with Gasteiger partial charge in [0.1, 0.15) is 11.6 Å². The van der Waals surface area contributed by atoms with Crippen molar-refractivity contribution in [3.8, 4) is 11.3 Å². The highest BCUT2D eigenvalue weighted by Crippen LogP contribution is 2.29. The van der Waals surface area contributed by atoms with Crippen LogP contribution in [0.2, 0.25) is 0 Å². The van der Waals surface area contributed by atoms with E-state index >= 15 is 0 Å². The van der Waals surface area contributed by atoms with Gasteiger partial charge in [-0.1, -0.05) is 0 Å². The van der Waals surface area contributed by atoms with E-state index in [-0.39, 0.29) is 23.0 Å². The van der Waals surface area contributed by atoms with Crippen molar-refractivity contribution in [1.82, 2.24) is 4.98 Å². The molecule has 0 saturated heterocycles. The summed E-state index contributed by atoms with van der Waals surface area (Å²) in [5, 5.41) is 10.9. The molecule has 0 atom stereocenters. The van der Waals surface area contributed by atoms with E-state index in [1.165, 1.54) is 30.3 Å². The van der Waals surface area contributed by atoms with Crippen LogP contribution >= 0.6 is 0 Å². The van der Waals surface area contributed by atoms with Crippen LogP contribution in [0, 0.1) is 22.9 Å². The zero-order chi connectivity index (χ0) is 13.3. The maximum Gasteiger partial charge on any atom is 0.295 e. The summed E-state index contributed by atoms with van der Waals surface area (Å²) < 4.78 is 13.2. The number of aryl methyl sites for hydroxylation is 1. The summed E-state index contributed by atoms with van der Waals surface area (Å²) >= 11 is 0. The molecule has 0 unspecified atom stereocenters. The van der Waals surface area contributed by atoms with Gasteiger partial charge in [-0.05, 0) is 36.8 Å². The molecule has 6 heteroatoms. The molecule has 5 nitrogen and oxygen atoms in total. The summed E-state index contributed by atoms with van der Waals surface area (Å²) in [7, 11) is 0. The van der Waals surface area contributed by atoms with Crippen molar-refractivity contribution in [2.75, 3.05) is 5.73 Å². The van der Waals surface area contributed by atoms with Gasteiger partial charge >= 0.3 is 0 Å². The van der Waals surface area contributed by atoms with Crippen molar-refractivity contribution >= 4 is 11.5 Å². The molecule has 2 N–H and O–H groups in total. The first kappa shape index (κ1) is 12.0. The summed E-state index contributed by atoms with van der Waals surface area (Å²) in [6.45, 7) is 1.58. The predicted octanol–water partition coefficient (Wildman–Crippen LogP) is 2.69. The number of nitrogens with two attached hydrogens (primary N) is 1. The van der Waals surface area contributed by atoms with Gasteiger partial charge in [-0.3, -0.25) is 10.1 Å². The number of pyridine rings is 1. The van der Waals surface area contributed by atoms with Gasteiger partial charge in [0.2, 0.25) is 0 Å². The van der Waals surface area contributed by atoms with Crippen LogP contribution in [0.25, 0.3) is 11.3 Å². The lowest BCUT2D eigenvalue weighted by molar-refractivity contribution is -0.384. The standard InChI is InChI=1S/C12H10FN3O2/c1-7-6-8(2-3-9(7)13)12-10(16(17)18)4-5-11(14)15-12/h2-6H,1H3,(H2,14,15). The largest absolute Gasteiger partial charge is 0.384 e. The first-order valence-electron chi connectivity index (χ1n) is 5.16. The summed E-state index contributed by atoms with van der Waals surface area (Å²) in [5.41, 5.74) is 6.37. The van der Waals surface area contributed by atoms with Gasteiger partial charge < -0.3 is 5.73 Å². The number of nitrogen functional groups attached to an aromatic ring is 1. The van der Waals surface area contributed by atoms with Gasteiger partial charge in [0.15, 0.2) is 5.69 Å². The Kier molecular flexibility index (Phi) is 2.93. The summed E-state index contributed by atoms with van der Waals surface area (Å²) in [4.78, 5) is 14.3. The Morgan fingerprint density at radius 2 is 2.06 bits per heavy atom. The van der Waals surface area contributed by atoms with E-state index in [1.807, 2.05) is 0 Å². The molecule has 1 aromatic heterocycles. The van der Waals surface area contributed by atoms with Crippen LogP contribution in [-0.2, 0) is 0 Å². The molecule has 0 aliphatic carbocycles. The molecule has 18 heavy (non-hydrogen) atoms. The molecule has 0 amide bonds. The number of rotatable bonds is 2. The van der Waals surface area contributed by atoms with Crippen molar-refractivity contribution in [2.45, 2.75) is 6.92 Å². The van der Waals surface area contributed by atoms with Crippen molar-refractivity contribution < 1.29 is 9.31 Å². The van der Waals surface area contributed by atoms with E-state index in [0.717, 1.165) is 0 Å². The fraction of sp³-hybridized carbons (Fsp3) is 0.0833. The zero-order valence-electron chi connectivity index (χ0n) is 9.55. The van der Waals surface area contributed by atoms with E-state index in [0.29, 0.717) is 11.1 Å². The molecule has 0 aliphatic heterocycles. The Hall–Kier alpha value is -2.50. The van der Waals surface area contributed by atoms with Crippen LogP contribution in [0.1, 0.15) is 5.56 Å². The van der Waals surface area contributed by atoms with Crippen LogP contribution in [0.4, 0.5) is 15.9 Å². The number of aromatic nitrogens is 1. The molecular formula is C12H10FN3O2. The lowest BCUT2D eigenvalue weighted by atomic mass is 10.1. The Morgan fingerprint density at radius 3 is 2.67 bits per heavy atom. The number of anilines is 1. The van der Waals surface area contributed by atoms with Gasteiger partial charge in [-0.25, -0.2) is 9.37 Å². The second-order valence-corrected chi connectivity index (χ2v) is 3.82. The smallest absolute Gasteiger partial charge is 0.295 e. The third-order valence-corrected chi connectivity index (χ3v) is 2.52. The molecule has 0 saturated carbocycles. The fourth-order valence-corrected chi connectivity index (χ4v) is 1.62. The maximum atomic E-state index is 13.2. The van der Waals surface area contributed by atoms with Crippen LogP contribution in [0.5, 0.6) is 0 Å². The first-order valence-corrected chi connectivity index (χ1v) is 5.16. The topological polar surface area (TPSA) is 82.0 Å². The molecule has 0 radical (unpaired) electrons. The third-order valence-electron chi connectivity index (χ3n) is 2.52. The lowest BCUT2D eigenvalue weighted by Gasteiger charge is -2.05. The van der Waals surface area contributed by atoms with Crippen LogP contribution in [-0.4, -0.2) is 9.91 Å². The van der Waals surface area contributed by atoms with Gasteiger partial charge in [-0.15, -0.1) is 0 Å². The number of nitro groups is 1. The van der Waals surface area contributed by atoms with Crippen molar-refractivity contribution in [3.63, 3.8) is 0 Å². The Morgan fingerprint density at radius 1 is 1.33 bits per heavy atom. The average molecular weight is 247 g/mol. The van der Waals surface area contributed by atoms with Crippen molar-refractivity contribution in [2.24, 2.45) is 0 Å². The SMILES string of the molecule is Cc1cc(-c2nc(N)ccc2[N+](=O)[O-])ccc1F. The quantitative estimate of drug-likeness (QED) is 0.653. The number of hydrogen-bond donors (Lipinski definition) is 1. The Balaban J connectivity index is 2.65. The minimum absolute atomic E-state index is 0.142. The van der Waals surface area contributed by atoms with E-state index in [2.05, 4.69) is 4.98 Å². The van der Waals surface area contributed by atoms with E-state index in [9.17, 15) is 14.5 Å². The average Bonchev–Trinajstić information content (AvgIpc) is 2.32. The van der Waals surface area contributed by atoms with E-state index < -0.39 is 4.92 Å². The molecular weight excluding hydrogens is 237 g/mol. The number of halogens is 1. The summed E-state index contributed by atoms with van der Waals surface area (Å²) in [6.07, 6.45) is 0. The molecule has 0 bridgehead atoms. The Bertz CT molecular complexity index is 629. The predicted molar refractivity (Wildman–Crippen MR) is 65.4 cm³/mol. The minimum atomic E-state index is -0.541. The minimum Gasteiger partial charge on any atom is -0.384 e. The highest BCUT2D eigenvalue weighted by Gasteiger charge is 2.17.